The molecule has 0 bridgehead atoms. The number of aryl methyl sites for hydroxylation is 2. The molecule has 0 fully saturated rings. The van der Waals surface area contributed by atoms with Crippen LogP contribution in [0, 0.1) is 13.8 Å². The number of ether oxygens (including phenoxy) is 2. The van der Waals surface area contributed by atoms with Gasteiger partial charge in [-0.3, -0.25) is 9.59 Å². The molecular formula is C33H30ClN3O4. The maximum atomic E-state index is 13.8. The van der Waals surface area contributed by atoms with E-state index in [-0.39, 0.29) is 30.8 Å². The quantitative estimate of drug-likeness (QED) is 0.122. The molecule has 0 saturated carbocycles. The number of Topliss-reactive ketones (excluding diaryl/α,β-unsaturated/α-hetero) is 1. The van der Waals surface area contributed by atoms with Crippen molar-refractivity contribution < 1.29 is 19.1 Å². The molecule has 6 rings (SSSR count). The van der Waals surface area contributed by atoms with Gasteiger partial charge in [-0.2, -0.15) is 0 Å². The summed E-state index contributed by atoms with van der Waals surface area (Å²) >= 11 is 6.44. The van der Waals surface area contributed by atoms with E-state index < -0.39 is 0 Å². The number of rotatable bonds is 8. The van der Waals surface area contributed by atoms with Crippen LogP contribution in [-0.2, 0) is 11.2 Å². The lowest BCUT2D eigenvalue weighted by Crippen LogP contribution is -2.30. The number of fused-ring (bicyclic) bond motifs is 4. The second-order valence-corrected chi connectivity index (χ2v) is 10.8. The molecule has 41 heavy (non-hydrogen) atoms. The number of alkyl halides is 1. The number of carbonyl (C=O) groups is 2. The number of nitrogens with zero attached hydrogens (tertiary/aromatic N) is 3. The highest BCUT2D eigenvalue weighted by molar-refractivity contribution is 6.19. The normalized spacial score (nSPS) is 14.5. The smallest absolute Gasteiger partial charge is 0.278 e. The number of pyridine rings is 1. The number of halogens is 1. The first-order chi connectivity index (χ1) is 19.9. The van der Waals surface area contributed by atoms with Gasteiger partial charge in [-0.1, -0.05) is 24.3 Å². The number of carbonyl (C=O) groups excluding carboxylic acids is 2. The first kappa shape index (κ1) is 27.0. The highest BCUT2D eigenvalue weighted by atomic mass is 35.5. The molecule has 0 spiro atoms. The third-order valence-corrected chi connectivity index (χ3v) is 8.12. The molecule has 2 aromatic heterocycles. The molecule has 0 radical (unpaired) electrons. The molecule has 7 nitrogen and oxygen atoms in total. The van der Waals surface area contributed by atoms with Gasteiger partial charge in [0.05, 0.1) is 0 Å². The van der Waals surface area contributed by atoms with E-state index in [1.807, 2.05) is 27.6 Å². The third-order valence-electron chi connectivity index (χ3n) is 7.75. The molecule has 8 heteroatoms. The first-order valence-corrected chi connectivity index (χ1v) is 14.0. The minimum Gasteiger partial charge on any atom is -0.468 e. The Bertz CT molecular complexity index is 1790. The van der Waals surface area contributed by atoms with Crippen molar-refractivity contribution in [2.75, 3.05) is 31.2 Å². The zero-order valence-corrected chi connectivity index (χ0v) is 23.9. The van der Waals surface area contributed by atoms with E-state index in [9.17, 15) is 9.59 Å². The van der Waals surface area contributed by atoms with Crippen molar-refractivity contribution in [1.29, 1.82) is 0 Å². The van der Waals surface area contributed by atoms with Gasteiger partial charge in [-0.15, -0.1) is 11.6 Å². The Hall–Kier alpha value is -4.20. The Morgan fingerprint density at radius 1 is 1.02 bits per heavy atom. The van der Waals surface area contributed by atoms with E-state index in [2.05, 4.69) is 43.1 Å². The van der Waals surface area contributed by atoms with E-state index in [1.165, 1.54) is 16.3 Å². The lowest BCUT2D eigenvalue weighted by molar-refractivity contribution is 0.0511. The van der Waals surface area contributed by atoms with Crippen molar-refractivity contribution in [3.63, 3.8) is 0 Å². The summed E-state index contributed by atoms with van der Waals surface area (Å²) in [6, 6.07) is 19.1. The van der Waals surface area contributed by atoms with Gasteiger partial charge in [0.2, 0.25) is 0 Å². The molecule has 1 atom stereocenters. The molecule has 1 aliphatic heterocycles. The summed E-state index contributed by atoms with van der Waals surface area (Å²) < 4.78 is 12.1. The zero-order valence-electron chi connectivity index (χ0n) is 23.2. The van der Waals surface area contributed by atoms with E-state index in [1.54, 1.807) is 37.6 Å². The summed E-state index contributed by atoms with van der Waals surface area (Å²) in [5.41, 5.74) is 6.75. The van der Waals surface area contributed by atoms with Gasteiger partial charge in [0, 0.05) is 55.5 Å². The molecule has 0 saturated heterocycles. The number of methoxy groups -OCH3 is 1. The summed E-state index contributed by atoms with van der Waals surface area (Å²) in [6.45, 7) is 4.84. The number of imidazole rings is 1. The number of amides is 1. The molecule has 208 valence electrons. The van der Waals surface area contributed by atoms with Gasteiger partial charge in [0.1, 0.15) is 17.1 Å². The molecule has 5 aromatic rings. The van der Waals surface area contributed by atoms with Crippen LogP contribution in [0.15, 0.2) is 73.1 Å². The number of aromatic nitrogens is 2. The van der Waals surface area contributed by atoms with Crippen LogP contribution in [-0.4, -0.2) is 47.4 Å². The number of hydrogen-bond donors (Lipinski definition) is 0. The average molecular weight is 568 g/mol. The highest BCUT2D eigenvalue weighted by Gasteiger charge is 2.35. The number of benzene rings is 3. The van der Waals surface area contributed by atoms with Crippen LogP contribution >= 0.6 is 11.6 Å². The predicted molar refractivity (Wildman–Crippen MR) is 161 cm³/mol. The fourth-order valence-electron chi connectivity index (χ4n) is 5.74. The molecule has 3 heterocycles. The molecule has 1 aliphatic rings. The monoisotopic (exact) mass is 567 g/mol. The Morgan fingerprint density at radius 3 is 2.59 bits per heavy atom. The largest absolute Gasteiger partial charge is 0.468 e. The fourth-order valence-corrected chi connectivity index (χ4v) is 5.99. The second-order valence-electron chi connectivity index (χ2n) is 10.5. The molecule has 0 unspecified atom stereocenters. The maximum Gasteiger partial charge on any atom is 0.278 e. The Morgan fingerprint density at radius 2 is 1.83 bits per heavy atom. The Labute approximate surface area is 243 Å². The van der Waals surface area contributed by atoms with Crippen molar-refractivity contribution in [3.05, 3.63) is 107 Å². The summed E-state index contributed by atoms with van der Waals surface area (Å²) in [5, 5.41) is 2.38. The zero-order chi connectivity index (χ0) is 28.7. The summed E-state index contributed by atoms with van der Waals surface area (Å²) in [6.07, 6.45) is 3.81. The summed E-state index contributed by atoms with van der Waals surface area (Å²) in [7, 11) is 1.55. The molecule has 0 aliphatic carbocycles. The second kappa shape index (κ2) is 11.0. The van der Waals surface area contributed by atoms with Crippen LogP contribution in [0.2, 0.25) is 0 Å². The standard InChI is InChI=1S/C33H30ClN3O4/c1-20-5-4-6-26-21(2)13-28-32(31(20)26)24(15-34)17-37(28)33(39)27-18-36-16-22(7-12-30(36)35-27)14-29(38)23-8-10-25(11-9-23)41-19-40-3/h4-13,16,18,24H,14-15,17,19H2,1-3H3/t24-/m1/s1. The number of hydrogen-bond acceptors (Lipinski definition) is 5. The lowest BCUT2D eigenvalue weighted by atomic mass is 9.91. The van der Waals surface area contributed by atoms with Gasteiger partial charge in [0.25, 0.3) is 5.91 Å². The van der Waals surface area contributed by atoms with Crippen LogP contribution in [0.5, 0.6) is 5.75 Å². The SMILES string of the molecule is COCOc1ccc(C(=O)Cc2ccc3nc(C(=O)N4C[C@@H](CCl)c5c4cc(C)c4cccc(C)c54)cn3c2)cc1. The lowest BCUT2D eigenvalue weighted by Gasteiger charge is -2.18. The maximum absolute atomic E-state index is 13.8. The number of anilines is 1. The summed E-state index contributed by atoms with van der Waals surface area (Å²) in [4.78, 5) is 33.2. The van der Waals surface area contributed by atoms with Crippen molar-refractivity contribution in [1.82, 2.24) is 9.38 Å². The van der Waals surface area contributed by atoms with Crippen molar-refractivity contribution in [2.24, 2.45) is 0 Å². The molecule has 0 N–H and O–H groups in total. The highest BCUT2D eigenvalue weighted by Crippen LogP contribution is 2.44. The minimum absolute atomic E-state index is 0.0160. The fraction of sp³-hybridized carbons (Fsp3) is 0.242. The van der Waals surface area contributed by atoms with Gasteiger partial charge >= 0.3 is 0 Å². The predicted octanol–water partition coefficient (Wildman–Crippen LogP) is 6.50. The van der Waals surface area contributed by atoms with Crippen LogP contribution < -0.4 is 9.64 Å². The van der Waals surface area contributed by atoms with Crippen LogP contribution in [0.3, 0.4) is 0 Å². The topological polar surface area (TPSA) is 73.1 Å². The Balaban J connectivity index is 1.26. The minimum atomic E-state index is -0.164. The van der Waals surface area contributed by atoms with E-state index >= 15 is 0 Å². The van der Waals surface area contributed by atoms with Crippen LogP contribution in [0.4, 0.5) is 5.69 Å². The van der Waals surface area contributed by atoms with Gasteiger partial charge in [0.15, 0.2) is 12.6 Å². The van der Waals surface area contributed by atoms with Crippen molar-refractivity contribution in [2.45, 2.75) is 26.2 Å². The van der Waals surface area contributed by atoms with Gasteiger partial charge < -0.3 is 18.8 Å². The molecular weight excluding hydrogens is 538 g/mol. The van der Waals surface area contributed by atoms with Gasteiger partial charge in [-0.25, -0.2) is 4.98 Å². The molecule has 3 aromatic carbocycles. The molecule has 1 amide bonds. The van der Waals surface area contributed by atoms with E-state index in [0.717, 1.165) is 22.4 Å². The third kappa shape index (κ3) is 4.96. The Kier molecular flexibility index (Phi) is 7.24. The van der Waals surface area contributed by atoms with E-state index in [4.69, 9.17) is 21.1 Å². The summed E-state index contributed by atoms with van der Waals surface area (Å²) in [5.74, 6) is 0.919. The van der Waals surface area contributed by atoms with Gasteiger partial charge in [-0.05, 0) is 83.3 Å². The average Bonchev–Trinajstić information content (AvgIpc) is 3.57. The number of ketones is 1. The first-order valence-electron chi connectivity index (χ1n) is 13.5. The van der Waals surface area contributed by atoms with Crippen molar-refractivity contribution in [3.8, 4) is 5.75 Å². The van der Waals surface area contributed by atoms with Crippen molar-refractivity contribution >= 4 is 45.4 Å². The van der Waals surface area contributed by atoms with Crippen LogP contribution in [0.1, 0.15) is 49.0 Å². The van der Waals surface area contributed by atoms with E-state index in [0.29, 0.717) is 35.1 Å². The van der Waals surface area contributed by atoms with Crippen LogP contribution in [0.25, 0.3) is 16.4 Å².